The van der Waals surface area contributed by atoms with Gasteiger partial charge >= 0.3 is 0 Å². The number of halogens is 3. The average molecular weight is 508 g/mol. The first kappa shape index (κ1) is 25.1. The van der Waals surface area contributed by atoms with Crippen molar-refractivity contribution in [3.8, 4) is 22.6 Å². The van der Waals surface area contributed by atoms with E-state index in [4.69, 9.17) is 4.74 Å². The first-order chi connectivity index (χ1) is 17.9. The smallest absolute Gasteiger partial charge is 0.166 e. The van der Waals surface area contributed by atoms with Crippen LogP contribution in [0.3, 0.4) is 0 Å². The largest absolute Gasteiger partial charge is 0.508 e. The molecule has 0 amide bonds. The molecule has 0 unspecified atom stereocenters. The summed E-state index contributed by atoms with van der Waals surface area (Å²) >= 11 is 0. The molecule has 192 valence electrons. The van der Waals surface area contributed by atoms with Crippen LogP contribution in [0.4, 0.5) is 13.2 Å². The fourth-order valence-corrected chi connectivity index (χ4v) is 5.01. The third-order valence-corrected chi connectivity index (χ3v) is 6.92. The highest BCUT2D eigenvalue weighted by Crippen LogP contribution is 2.40. The van der Waals surface area contributed by atoms with Crippen molar-refractivity contribution in [2.24, 2.45) is 0 Å². The Morgan fingerprint density at radius 1 is 0.838 bits per heavy atom. The minimum Gasteiger partial charge on any atom is -0.508 e. The molecule has 0 spiro atoms. The van der Waals surface area contributed by atoms with E-state index >= 15 is 0 Å². The molecule has 0 aliphatic carbocycles. The molecule has 1 aliphatic heterocycles. The molecule has 1 fully saturated rings. The maximum absolute atomic E-state index is 14.8. The number of benzene rings is 4. The van der Waals surface area contributed by atoms with Crippen LogP contribution < -0.4 is 4.74 Å². The number of hydrogen-bond donors (Lipinski definition) is 2. The van der Waals surface area contributed by atoms with Crippen molar-refractivity contribution in [3.05, 3.63) is 95.3 Å². The first-order valence-corrected chi connectivity index (χ1v) is 12.4. The molecule has 0 aromatic heterocycles. The van der Waals surface area contributed by atoms with Gasteiger partial charge in [0.15, 0.2) is 11.6 Å². The highest BCUT2D eigenvalue weighted by atomic mass is 19.2. The van der Waals surface area contributed by atoms with Crippen LogP contribution in [0.2, 0.25) is 0 Å². The Hall–Kier alpha value is -3.55. The van der Waals surface area contributed by atoms with Crippen LogP contribution in [0.1, 0.15) is 36.5 Å². The number of nitrogens with zero attached hydrogens (tertiary/aromatic N) is 1. The zero-order chi connectivity index (χ0) is 25.9. The molecule has 2 N–H and O–H groups in total. The summed E-state index contributed by atoms with van der Waals surface area (Å²) in [5.41, 5.74) is 0.644. The third-order valence-electron chi connectivity index (χ3n) is 6.92. The van der Waals surface area contributed by atoms with Crippen LogP contribution >= 0.6 is 0 Å². The molecule has 0 bridgehead atoms. The zero-order valence-electron chi connectivity index (χ0n) is 20.3. The van der Waals surface area contributed by atoms with Gasteiger partial charge in [-0.1, -0.05) is 36.8 Å². The van der Waals surface area contributed by atoms with Gasteiger partial charge in [-0.25, -0.2) is 13.2 Å². The molecule has 1 heterocycles. The molecular formula is C30H28F3NO3. The Balaban J connectivity index is 1.47. The Bertz CT molecular complexity index is 1400. The summed E-state index contributed by atoms with van der Waals surface area (Å²) in [7, 11) is 0. The Morgan fingerprint density at radius 2 is 1.59 bits per heavy atom. The summed E-state index contributed by atoms with van der Waals surface area (Å²) < 4.78 is 48.8. The van der Waals surface area contributed by atoms with Crippen LogP contribution in [-0.4, -0.2) is 41.4 Å². The maximum atomic E-state index is 14.8. The van der Waals surface area contributed by atoms with Crippen LogP contribution in [0.25, 0.3) is 21.9 Å². The quantitative estimate of drug-likeness (QED) is 0.278. The Morgan fingerprint density at radius 3 is 2.35 bits per heavy atom. The summed E-state index contributed by atoms with van der Waals surface area (Å²) in [6.45, 7) is 3.60. The second kappa shape index (κ2) is 10.8. The van der Waals surface area contributed by atoms with E-state index in [1.165, 1.54) is 37.5 Å². The number of fused-ring (bicyclic) bond motifs is 1. The Kier molecular flexibility index (Phi) is 7.35. The van der Waals surface area contributed by atoms with Gasteiger partial charge in [0.1, 0.15) is 30.0 Å². The minimum atomic E-state index is -1.31. The van der Waals surface area contributed by atoms with Crippen molar-refractivity contribution in [1.29, 1.82) is 0 Å². The predicted octanol–water partition coefficient (Wildman–Crippen LogP) is 6.58. The van der Waals surface area contributed by atoms with Crippen LogP contribution in [-0.2, 0) is 0 Å². The lowest BCUT2D eigenvalue weighted by Gasteiger charge is -2.26. The number of rotatable bonds is 7. The van der Waals surface area contributed by atoms with Gasteiger partial charge < -0.3 is 14.9 Å². The highest BCUT2D eigenvalue weighted by molar-refractivity contribution is 5.93. The van der Waals surface area contributed by atoms with E-state index in [0.29, 0.717) is 34.8 Å². The molecule has 4 nitrogen and oxygen atoms in total. The molecule has 1 saturated heterocycles. The van der Waals surface area contributed by atoms with Gasteiger partial charge in [-0.2, -0.15) is 0 Å². The summed E-state index contributed by atoms with van der Waals surface area (Å²) in [5, 5.41) is 22.5. The van der Waals surface area contributed by atoms with Crippen molar-refractivity contribution >= 4 is 10.8 Å². The fraction of sp³-hybridized carbons (Fsp3) is 0.267. The number of aliphatic hydroxyl groups excluding tert-OH is 1. The molecule has 0 radical (unpaired) electrons. The Labute approximate surface area is 213 Å². The lowest BCUT2D eigenvalue weighted by molar-refractivity contribution is 0.183. The topological polar surface area (TPSA) is 52.9 Å². The lowest BCUT2D eigenvalue weighted by atomic mass is 9.88. The van der Waals surface area contributed by atoms with Gasteiger partial charge in [0.05, 0.1) is 0 Å². The number of aliphatic hydroxyl groups is 1. The molecule has 4 aromatic carbocycles. The molecular weight excluding hydrogens is 479 g/mol. The number of likely N-dealkylation sites (tertiary alicyclic amines) is 1. The van der Waals surface area contributed by atoms with Crippen molar-refractivity contribution < 1.29 is 28.1 Å². The number of phenols is 1. The number of aromatic hydroxyl groups is 1. The molecule has 5 rings (SSSR count). The molecule has 4 aromatic rings. The average Bonchev–Trinajstić information content (AvgIpc) is 2.90. The van der Waals surface area contributed by atoms with Crippen molar-refractivity contribution in [2.45, 2.75) is 25.4 Å². The summed E-state index contributed by atoms with van der Waals surface area (Å²) in [4.78, 5) is 2.38. The van der Waals surface area contributed by atoms with E-state index in [1.54, 1.807) is 36.4 Å². The van der Waals surface area contributed by atoms with E-state index in [0.717, 1.165) is 25.7 Å². The second-order valence-corrected chi connectivity index (χ2v) is 9.40. The second-order valence-electron chi connectivity index (χ2n) is 9.40. The van der Waals surface area contributed by atoms with Crippen LogP contribution in [0.5, 0.6) is 11.5 Å². The van der Waals surface area contributed by atoms with Crippen LogP contribution in [0, 0.1) is 17.5 Å². The van der Waals surface area contributed by atoms with Crippen molar-refractivity contribution in [3.63, 3.8) is 0 Å². The number of hydrogen-bond acceptors (Lipinski definition) is 4. The van der Waals surface area contributed by atoms with Gasteiger partial charge in [0.25, 0.3) is 0 Å². The minimum absolute atomic E-state index is 0.0229. The number of phenolic OH excluding ortho intramolecular Hbond substituents is 1. The lowest BCUT2D eigenvalue weighted by Crippen LogP contribution is -2.33. The number of piperidine rings is 1. The molecule has 1 aliphatic rings. The number of ether oxygens (including phenoxy) is 1. The highest BCUT2D eigenvalue weighted by Gasteiger charge is 2.23. The van der Waals surface area contributed by atoms with Crippen LogP contribution in [0.15, 0.2) is 66.7 Å². The van der Waals surface area contributed by atoms with Gasteiger partial charge in [0.2, 0.25) is 0 Å². The van der Waals surface area contributed by atoms with E-state index < -0.39 is 23.6 Å². The zero-order valence-corrected chi connectivity index (χ0v) is 20.3. The van der Waals surface area contributed by atoms with Gasteiger partial charge in [0, 0.05) is 23.7 Å². The molecule has 1 atom stereocenters. The maximum Gasteiger partial charge on any atom is 0.166 e. The predicted molar refractivity (Wildman–Crippen MR) is 137 cm³/mol. The van der Waals surface area contributed by atoms with Gasteiger partial charge in [-0.05, 0) is 78.2 Å². The fourth-order valence-electron chi connectivity index (χ4n) is 5.01. The van der Waals surface area contributed by atoms with Crippen molar-refractivity contribution in [1.82, 2.24) is 4.90 Å². The monoisotopic (exact) mass is 507 g/mol. The third kappa shape index (κ3) is 5.43. The first-order valence-electron chi connectivity index (χ1n) is 12.4. The SMILES string of the molecule is Oc1ccc2c([C@@H](O)c3ccc(OCCN4CCCCC4)cc3)c(-c3cc(F)cc(F)c3F)ccc2c1. The van der Waals surface area contributed by atoms with E-state index in [1.807, 2.05) is 0 Å². The normalized spacial score (nSPS) is 15.1. The van der Waals surface area contributed by atoms with Gasteiger partial charge in [-0.15, -0.1) is 0 Å². The standard InChI is InChI=1S/C30H28F3NO3/c31-21-17-26(29(33)27(32)18-21)25-10-6-20-16-22(35)7-11-24(20)28(25)30(36)19-4-8-23(9-5-19)37-15-14-34-12-2-1-3-13-34/h4-11,16-18,30,35-36H,1-3,12-15H2/t30-/m0/s1. The van der Waals surface area contributed by atoms with E-state index in [9.17, 15) is 23.4 Å². The summed E-state index contributed by atoms with van der Waals surface area (Å²) in [5.74, 6) is -2.76. The van der Waals surface area contributed by atoms with E-state index in [2.05, 4.69) is 4.90 Å². The molecule has 37 heavy (non-hydrogen) atoms. The summed E-state index contributed by atoms with van der Waals surface area (Å²) in [6.07, 6.45) is 2.47. The van der Waals surface area contributed by atoms with Crippen molar-refractivity contribution in [2.75, 3.05) is 26.2 Å². The summed E-state index contributed by atoms with van der Waals surface area (Å²) in [6, 6.07) is 16.0. The molecule has 0 saturated carbocycles. The van der Waals surface area contributed by atoms with E-state index in [-0.39, 0.29) is 22.4 Å². The molecule has 7 heteroatoms. The van der Waals surface area contributed by atoms with Gasteiger partial charge in [-0.3, -0.25) is 4.90 Å².